The van der Waals surface area contributed by atoms with Crippen LogP contribution in [0.5, 0.6) is 0 Å². The Morgan fingerprint density at radius 2 is 2.14 bits per heavy atom. The molecule has 148 valence electrons. The minimum Gasteiger partial charge on any atom is -0.387 e. The minimum atomic E-state index is -1.03. The Kier molecular flexibility index (Phi) is 6.33. The number of aliphatic hydroxyl groups is 1. The average Bonchev–Trinajstić information content (AvgIpc) is 2.66. The van der Waals surface area contributed by atoms with E-state index < -0.39 is 18.0 Å². The molecule has 1 heterocycles. The van der Waals surface area contributed by atoms with Crippen LogP contribution in [-0.2, 0) is 4.79 Å². The summed E-state index contributed by atoms with van der Waals surface area (Å²) in [4.78, 5) is 25.4. The number of carbonyl (C=O) groups excluding carboxylic acids is 2. The van der Waals surface area contributed by atoms with Crippen LogP contribution in [0.1, 0.15) is 11.7 Å². The third-order valence-corrected chi connectivity index (χ3v) is 4.58. The second kappa shape index (κ2) is 8.90. The van der Waals surface area contributed by atoms with E-state index in [0.717, 1.165) is 0 Å². The van der Waals surface area contributed by atoms with Gasteiger partial charge in [-0.2, -0.15) is 0 Å². The van der Waals surface area contributed by atoms with Crippen molar-refractivity contribution in [2.24, 2.45) is 0 Å². The first-order chi connectivity index (χ1) is 13.4. The number of hydrogen-bond donors (Lipinski definition) is 4. The highest BCUT2D eigenvalue weighted by Gasteiger charge is 2.19. The van der Waals surface area contributed by atoms with E-state index in [4.69, 9.17) is 11.6 Å². The summed E-state index contributed by atoms with van der Waals surface area (Å²) < 4.78 is 13.2. The van der Waals surface area contributed by atoms with Crippen molar-refractivity contribution in [3.8, 4) is 0 Å². The van der Waals surface area contributed by atoms with E-state index in [9.17, 15) is 19.1 Å². The van der Waals surface area contributed by atoms with E-state index in [-0.39, 0.29) is 19.0 Å². The molecule has 1 unspecified atom stereocenters. The molecule has 2 aromatic rings. The summed E-state index contributed by atoms with van der Waals surface area (Å²) >= 11 is 6.30. The van der Waals surface area contributed by atoms with Gasteiger partial charge in [0.15, 0.2) is 0 Å². The predicted octanol–water partition coefficient (Wildman–Crippen LogP) is 2.27. The highest BCUT2D eigenvalue weighted by molar-refractivity contribution is 6.33. The van der Waals surface area contributed by atoms with Crippen molar-refractivity contribution in [3.63, 3.8) is 0 Å². The summed E-state index contributed by atoms with van der Waals surface area (Å²) in [6.07, 6.45) is -1.03. The van der Waals surface area contributed by atoms with Crippen molar-refractivity contribution in [2.45, 2.75) is 6.10 Å². The quantitative estimate of drug-likeness (QED) is 0.612. The standard InChI is InChI=1S/C19H20ClFN4O3/c20-15-9-14(4-5-16(15)25-7-6-22-18(27)11-25)24-19(28)23-10-17(26)12-2-1-3-13(21)8-12/h1-5,8-9,17,26H,6-7,10-11H2,(H,22,27)(H2,23,24,28). The Bertz CT molecular complexity index is 880. The van der Waals surface area contributed by atoms with Crippen LogP contribution >= 0.6 is 11.6 Å². The maximum absolute atomic E-state index is 13.2. The molecule has 0 spiro atoms. The number of rotatable bonds is 5. The molecule has 0 bridgehead atoms. The van der Waals surface area contributed by atoms with Crippen LogP contribution in [-0.4, -0.2) is 43.2 Å². The molecule has 28 heavy (non-hydrogen) atoms. The molecule has 7 nitrogen and oxygen atoms in total. The zero-order chi connectivity index (χ0) is 20.1. The number of piperazine rings is 1. The number of carbonyl (C=O) groups is 2. The van der Waals surface area contributed by atoms with Gasteiger partial charge in [-0.25, -0.2) is 9.18 Å². The molecule has 0 saturated carbocycles. The summed E-state index contributed by atoms with van der Waals surface area (Å²) in [6.45, 7) is 1.34. The molecule has 1 aliphatic rings. The molecule has 1 atom stereocenters. The summed E-state index contributed by atoms with van der Waals surface area (Å²) in [5.41, 5.74) is 1.55. The fourth-order valence-corrected chi connectivity index (χ4v) is 3.18. The number of amides is 3. The van der Waals surface area contributed by atoms with Gasteiger partial charge in [-0.15, -0.1) is 0 Å². The molecule has 1 fully saturated rings. The van der Waals surface area contributed by atoms with Crippen molar-refractivity contribution in [1.29, 1.82) is 0 Å². The first-order valence-corrected chi connectivity index (χ1v) is 9.10. The third kappa shape index (κ3) is 5.11. The summed E-state index contributed by atoms with van der Waals surface area (Å²) in [5.74, 6) is -0.525. The van der Waals surface area contributed by atoms with Crippen LogP contribution in [0, 0.1) is 5.82 Å². The van der Waals surface area contributed by atoms with Crippen molar-refractivity contribution in [2.75, 3.05) is 36.4 Å². The van der Waals surface area contributed by atoms with Crippen molar-refractivity contribution < 1.29 is 19.1 Å². The fraction of sp³-hybridized carbons (Fsp3) is 0.263. The number of aliphatic hydroxyl groups excluding tert-OH is 1. The molecule has 4 N–H and O–H groups in total. The zero-order valence-corrected chi connectivity index (χ0v) is 15.7. The molecule has 3 rings (SSSR count). The van der Waals surface area contributed by atoms with E-state index >= 15 is 0 Å². The molecular weight excluding hydrogens is 387 g/mol. The van der Waals surface area contributed by atoms with Gasteiger partial charge >= 0.3 is 6.03 Å². The van der Waals surface area contributed by atoms with Crippen LogP contribution in [0.25, 0.3) is 0 Å². The zero-order valence-electron chi connectivity index (χ0n) is 14.9. The second-order valence-electron chi connectivity index (χ2n) is 6.34. The largest absolute Gasteiger partial charge is 0.387 e. The van der Waals surface area contributed by atoms with Crippen LogP contribution in [0.4, 0.5) is 20.6 Å². The second-order valence-corrected chi connectivity index (χ2v) is 6.75. The van der Waals surface area contributed by atoms with Crippen molar-refractivity contribution in [1.82, 2.24) is 10.6 Å². The van der Waals surface area contributed by atoms with Gasteiger partial charge in [0.05, 0.1) is 23.4 Å². The summed E-state index contributed by atoms with van der Waals surface area (Å²) in [5, 5.41) is 18.3. The van der Waals surface area contributed by atoms with Gasteiger partial charge in [-0.3, -0.25) is 4.79 Å². The Hall–Kier alpha value is -2.84. The highest BCUT2D eigenvalue weighted by atomic mass is 35.5. The SMILES string of the molecule is O=C1CN(c2ccc(NC(=O)NCC(O)c3cccc(F)c3)cc2Cl)CCN1. The van der Waals surface area contributed by atoms with E-state index in [1.54, 1.807) is 24.3 Å². The van der Waals surface area contributed by atoms with E-state index in [1.807, 2.05) is 4.90 Å². The van der Waals surface area contributed by atoms with E-state index in [2.05, 4.69) is 16.0 Å². The van der Waals surface area contributed by atoms with E-state index in [0.29, 0.717) is 35.1 Å². The number of nitrogens with one attached hydrogen (secondary N) is 3. The molecule has 3 amide bonds. The lowest BCUT2D eigenvalue weighted by Crippen LogP contribution is -2.47. The van der Waals surface area contributed by atoms with Gasteiger partial charge in [0.2, 0.25) is 5.91 Å². The van der Waals surface area contributed by atoms with Gasteiger partial charge in [0, 0.05) is 25.3 Å². The lowest BCUT2D eigenvalue weighted by molar-refractivity contribution is -0.120. The maximum Gasteiger partial charge on any atom is 0.319 e. The number of hydrogen-bond acceptors (Lipinski definition) is 4. The number of anilines is 2. The van der Waals surface area contributed by atoms with Crippen LogP contribution in [0.2, 0.25) is 5.02 Å². The van der Waals surface area contributed by atoms with Crippen LogP contribution in [0.3, 0.4) is 0 Å². The van der Waals surface area contributed by atoms with Gasteiger partial charge in [0.1, 0.15) is 5.82 Å². The maximum atomic E-state index is 13.2. The monoisotopic (exact) mass is 406 g/mol. The molecule has 0 aliphatic carbocycles. The number of halogens is 2. The molecule has 0 aromatic heterocycles. The first-order valence-electron chi connectivity index (χ1n) is 8.72. The van der Waals surface area contributed by atoms with Gasteiger partial charge in [0.25, 0.3) is 0 Å². The molecule has 0 radical (unpaired) electrons. The molecular formula is C19H20ClFN4O3. The molecule has 2 aromatic carbocycles. The number of nitrogens with zero attached hydrogens (tertiary/aromatic N) is 1. The first kappa shape index (κ1) is 19.9. The van der Waals surface area contributed by atoms with Crippen molar-refractivity contribution in [3.05, 3.63) is 58.9 Å². The van der Waals surface area contributed by atoms with Gasteiger partial charge in [-0.05, 0) is 35.9 Å². The van der Waals surface area contributed by atoms with Gasteiger partial charge < -0.3 is 26.0 Å². The molecule has 1 aliphatic heterocycles. The predicted molar refractivity (Wildman–Crippen MR) is 105 cm³/mol. The Labute approximate surface area is 166 Å². The van der Waals surface area contributed by atoms with Crippen molar-refractivity contribution >= 4 is 34.9 Å². The topological polar surface area (TPSA) is 93.7 Å². The Morgan fingerprint density at radius 1 is 1.32 bits per heavy atom. The fourth-order valence-electron chi connectivity index (χ4n) is 2.88. The minimum absolute atomic E-state index is 0.0687. The Balaban J connectivity index is 1.55. The van der Waals surface area contributed by atoms with Gasteiger partial charge in [-0.1, -0.05) is 23.7 Å². The smallest absolute Gasteiger partial charge is 0.319 e. The third-order valence-electron chi connectivity index (χ3n) is 4.27. The lowest BCUT2D eigenvalue weighted by Gasteiger charge is -2.29. The van der Waals surface area contributed by atoms with Crippen LogP contribution < -0.4 is 20.9 Å². The summed E-state index contributed by atoms with van der Waals surface area (Å²) in [7, 11) is 0. The highest BCUT2D eigenvalue weighted by Crippen LogP contribution is 2.29. The lowest BCUT2D eigenvalue weighted by atomic mass is 10.1. The number of benzene rings is 2. The molecule has 1 saturated heterocycles. The Morgan fingerprint density at radius 3 is 2.86 bits per heavy atom. The summed E-state index contributed by atoms with van der Waals surface area (Å²) in [6, 6.07) is 10.0. The van der Waals surface area contributed by atoms with E-state index in [1.165, 1.54) is 18.2 Å². The van der Waals surface area contributed by atoms with Crippen LogP contribution in [0.15, 0.2) is 42.5 Å². The number of urea groups is 1. The average molecular weight is 407 g/mol. The molecule has 9 heteroatoms. The normalized spacial score (nSPS) is 15.0.